The molecule has 3 unspecified atom stereocenters. The third kappa shape index (κ3) is 3.76. The van der Waals surface area contributed by atoms with E-state index in [0.29, 0.717) is 12.5 Å². The maximum Gasteiger partial charge on any atom is 0.223 e. The molecule has 16 heavy (non-hydrogen) atoms. The maximum absolute atomic E-state index is 11.8. The number of nitrogens with one attached hydrogen (secondary N) is 1. The molecule has 94 valence electrons. The number of methoxy groups -OCH3 is 1. The molecule has 1 saturated carbocycles. The molecule has 3 atom stereocenters. The highest BCUT2D eigenvalue weighted by molar-refractivity contribution is 5.79. The molecular weight excluding hydrogens is 204 g/mol. The molecule has 0 spiro atoms. The minimum atomic E-state index is 0.0963. The van der Waals surface area contributed by atoms with E-state index in [1.807, 2.05) is 0 Å². The smallest absolute Gasteiger partial charge is 0.223 e. The second-order valence-corrected chi connectivity index (χ2v) is 5.03. The van der Waals surface area contributed by atoms with E-state index in [9.17, 15) is 4.79 Å². The second kappa shape index (κ2) is 6.21. The number of carbonyl (C=O) groups excluding carboxylic acids is 1. The fraction of sp³-hybridized carbons (Fsp3) is 0.917. The van der Waals surface area contributed by atoms with Gasteiger partial charge in [0, 0.05) is 25.6 Å². The first-order valence-corrected chi connectivity index (χ1v) is 6.10. The molecule has 0 radical (unpaired) electrons. The number of hydrogen-bond donors (Lipinski definition) is 2. The van der Waals surface area contributed by atoms with Crippen molar-refractivity contribution in [1.82, 2.24) is 5.32 Å². The van der Waals surface area contributed by atoms with E-state index in [1.54, 1.807) is 7.11 Å². The Labute approximate surface area is 97.9 Å². The Morgan fingerprint density at radius 2 is 2.19 bits per heavy atom. The molecule has 0 aromatic heterocycles. The predicted octanol–water partition coefficient (Wildman–Crippen LogP) is 0.901. The summed E-state index contributed by atoms with van der Waals surface area (Å²) in [7, 11) is 1.68. The maximum atomic E-state index is 11.8. The quantitative estimate of drug-likeness (QED) is 0.735. The van der Waals surface area contributed by atoms with Gasteiger partial charge in [0.25, 0.3) is 0 Å². The molecule has 1 aliphatic carbocycles. The van der Waals surface area contributed by atoms with Crippen molar-refractivity contribution in [3.8, 4) is 0 Å². The fourth-order valence-electron chi connectivity index (χ4n) is 2.19. The molecule has 4 nitrogen and oxygen atoms in total. The zero-order chi connectivity index (χ0) is 12.1. The molecule has 4 heteroatoms. The normalized spacial score (nSPS) is 27.1. The van der Waals surface area contributed by atoms with Gasteiger partial charge in [-0.25, -0.2) is 0 Å². The lowest BCUT2D eigenvalue weighted by Gasteiger charge is -2.20. The van der Waals surface area contributed by atoms with E-state index in [2.05, 4.69) is 19.2 Å². The average Bonchev–Trinajstić information content (AvgIpc) is 2.65. The van der Waals surface area contributed by atoms with Crippen LogP contribution in [0.2, 0.25) is 0 Å². The van der Waals surface area contributed by atoms with Crippen LogP contribution >= 0.6 is 0 Å². The molecule has 1 aliphatic rings. The Kier molecular flexibility index (Phi) is 5.22. The second-order valence-electron chi connectivity index (χ2n) is 5.03. The summed E-state index contributed by atoms with van der Waals surface area (Å²) in [6, 6.07) is 0.207. The molecular formula is C12H24N2O2. The van der Waals surface area contributed by atoms with Gasteiger partial charge in [-0.2, -0.15) is 0 Å². The Balaban J connectivity index is 2.29. The SMILES string of the molecule is COC(CNC(=O)C1CCC(N)C1)C(C)C. The summed E-state index contributed by atoms with van der Waals surface area (Å²) in [6.45, 7) is 4.77. The van der Waals surface area contributed by atoms with E-state index in [-0.39, 0.29) is 24.0 Å². The average molecular weight is 228 g/mol. The van der Waals surface area contributed by atoms with Gasteiger partial charge in [0.05, 0.1) is 6.10 Å². The number of rotatable bonds is 5. The standard InChI is InChI=1S/C12H24N2O2/c1-8(2)11(16-3)7-14-12(15)9-4-5-10(13)6-9/h8-11H,4-7,13H2,1-3H3,(H,14,15). The van der Waals surface area contributed by atoms with Crippen molar-refractivity contribution in [3.05, 3.63) is 0 Å². The lowest BCUT2D eigenvalue weighted by atomic mass is 10.1. The monoisotopic (exact) mass is 228 g/mol. The van der Waals surface area contributed by atoms with Gasteiger partial charge < -0.3 is 15.8 Å². The highest BCUT2D eigenvalue weighted by Gasteiger charge is 2.28. The topological polar surface area (TPSA) is 64.3 Å². The van der Waals surface area contributed by atoms with Crippen LogP contribution in [0.15, 0.2) is 0 Å². The van der Waals surface area contributed by atoms with E-state index in [1.165, 1.54) is 0 Å². The number of ether oxygens (including phenoxy) is 1. The van der Waals surface area contributed by atoms with Crippen molar-refractivity contribution < 1.29 is 9.53 Å². The van der Waals surface area contributed by atoms with E-state index < -0.39 is 0 Å². The van der Waals surface area contributed by atoms with Crippen molar-refractivity contribution >= 4 is 5.91 Å². The molecule has 1 fully saturated rings. The summed E-state index contributed by atoms with van der Waals surface area (Å²) in [5.41, 5.74) is 5.79. The summed E-state index contributed by atoms with van der Waals surface area (Å²) in [5, 5.41) is 2.96. The number of nitrogens with two attached hydrogens (primary N) is 1. The van der Waals surface area contributed by atoms with Gasteiger partial charge in [0.2, 0.25) is 5.91 Å². The minimum Gasteiger partial charge on any atom is -0.379 e. The molecule has 0 saturated heterocycles. The summed E-state index contributed by atoms with van der Waals surface area (Å²) in [6.07, 6.45) is 2.81. The number of carbonyl (C=O) groups is 1. The van der Waals surface area contributed by atoms with Gasteiger partial charge in [-0.15, -0.1) is 0 Å². The lowest BCUT2D eigenvalue weighted by molar-refractivity contribution is -0.125. The van der Waals surface area contributed by atoms with Crippen molar-refractivity contribution in [2.24, 2.45) is 17.6 Å². The van der Waals surface area contributed by atoms with Crippen LogP contribution in [0.3, 0.4) is 0 Å². The van der Waals surface area contributed by atoms with Crippen molar-refractivity contribution in [2.45, 2.75) is 45.3 Å². The molecule has 0 heterocycles. The van der Waals surface area contributed by atoms with Crippen LogP contribution in [0.5, 0.6) is 0 Å². The van der Waals surface area contributed by atoms with Gasteiger partial charge in [-0.05, 0) is 25.2 Å². The largest absolute Gasteiger partial charge is 0.379 e. The first-order valence-electron chi connectivity index (χ1n) is 6.10. The fourth-order valence-corrected chi connectivity index (χ4v) is 2.19. The van der Waals surface area contributed by atoms with E-state index >= 15 is 0 Å². The highest BCUT2D eigenvalue weighted by atomic mass is 16.5. The Hall–Kier alpha value is -0.610. The summed E-state index contributed by atoms with van der Waals surface area (Å²) >= 11 is 0. The third-order valence-corrected chi connectivity index (χ3v) is 3.37. The number of hydrogen-bond acceptors (Lipinski definition) is 3. The van der Waals surface area contributed by atoms with Gasteiger partial charge in [0.15, 0.2) is 0 Å². The molecule has 0 aliphatic heterocycles. The first-order chi connectivity index (χ1) is 7.54. The van der Waals surface area contributed by atoms with Crippen LogP contribution in [0.4, 0.5) is 0 Å². The summed E-state index contributed by atoms with van der Waals surface area (Å²) < 4.78 is 5.31. The van der Waals surface area contributed by atoms with Crippen molar-refractivity contribution in [3.63, 3.8) is 0 Å². The van der Waals surface area contributed by atoms with Gasteiger partial charge in [-0.3, -0.25) is 4.79 Å². The lowest BCUT2D eigenvalue weighted by Crippen LogP contribution is -2.38. The highest BCUT2D eigenvalue weighted by Crippen LogP contribution is 2.24. The Morgan fingerprint density at radius 3 is 2.62 bits per heavy atom. The van der Waals surface area contributed by atoms with Crippen molar-refractivity contribution in [1.29, 1.82) is 0 Å². The van der Waals surface area contributed by atoms with E-state index in [4.69, 9.17) is 10.5 Å². The molecule has 0 bridgehead atoms. The van der Waals surface area contributed by atoms with Crippen LogP contribution < -0.4 is 11.1 Å². The van der Waals surface area contributed by atoms with Crippen LogP contribution in [-0.4, -0.2) is 31.7 Å². The van der Waals surface area contributed by atoms with Crippen LogP contribution in [0, 0.1) is 11.8 Å². The zero-order valence-electron chi connectivity index (χ0n) is 10.5. The molecule has 0 aromatic carbocycles. The van der Waals surface area contributed by atoms with Crippen LogP contribution in [0.25, 0.3) is 0 Å². The molecule has 1 amide bonds. The predicted molar refractivity (Wildman–Crippen MR) is 64.0 cm³/mol. The van der Waals surface area contributed by atoms with Gasteiger partial charge >= 0.3 is 0 Å². The van der Waals surface area contributed by atoms with Crippen LogP contribution in [-0.2, 0) is 9.53 Å². The van der Waals surface area contributed by atoms with Gasteiger partial charge in [-0.1, -0.05) is 13.8 Å². The Morgan fingerprint density at radius 1 is 1.50 bits per heavy atom. The third-order valence-electron chi connectivity index (χ3n) is 3.37. The van der Waals surface area contributed by atoms with E-state index in [0.717, 1.165) is 19.3 Å². The zero-order valence-corrected chi connectivity index (χ0v) is 10.5. The molecule has 0 aromatic rings. The van der Waals surface area contributed by atoms with Gasteiger partial charge in [0.1, 0.15) is 0 Å². The first kappa shape index (κ1) is 13.5. The minimum absolute atomic E-state index is 0.0963. The molecule has 1 rings (SSSR count). The Bertz CT molecular complexity index is 231. The molecule has 3 N–H and O–H groups in total. The summed E-state index contributed by atoms with van der Waals surface area (Å²) in [4.78, 5) is 11.8. The summed E-state index contributed by atoms with van der Waals surface area (Å²) in [5.74, 6) is 0.659. The number of amides is 1. The van der Waals surface area contributed by atoms with Crippen molar-refractivity contribution in [2.75, 3.05) is 13.7 Å². The van der Waals surface area contributed by atoms with Crippen LogP contribution in [0.1, 0.15) is 33.1 Å².